The zero-order valence-corrected chi connectivity index (χ0v) is 22.7. The van der Waals surface area contributed by atoms with Gasteiger partial charge in [-0.2, -0.15) is 0 Å². The second-order valence-corrected chi connectivity index (χ2v) is 10.2. The minimum absolute atomic E-state index is 0.201. The van der Waals surface area contributed by atoms with Gasteiger partial charge in [0, 0.05) is 13.1 Å². The van der Waals surface area contributed by atoms with Crippen molar-refractivity contribution in [2.24, 2.45) is 5.92 Å². The molecular formula is C30H42FNO5. The minimum Gasteiger partial charge on any atom is -0.493 e. The summed E-state index contributed by atoms with van der Waals surface area (Å²) in [5, 5.41) is 10.3. The molecule has 204 valence electrons. The summed E-state index contributed by atoms with van der Waals surface area (Å²) in [4.78, 5) is 14.7. The van der Waals surface area contributed by atoms with Crippen LogP contribution in [0.4, 0.5) is 4.39 Å². The number of benzene rings is 2. The van der Waals surface area contributed by atoms with E-state index in [1.54, 1.807) is 20.3 Å². The molecule has 0 saturated heterocycles. The van der Waals surface area contributed by atoms with Gasteiger partial charge in [0.1, 0.15) is 5.82 Å². The summed E-state index contributed by atoms with van der Waals surface area (Å²) in [6.45, 7) is 3.88. The van der Waals surface area contributed by atoms with Crippen molar-refractivity contribution >= 4 is 5.97 Å². The summed E-state index contributed by atoms with van der Waals surface area (Å²) in [5.41, 5.74) is 2.14. The summed E-state index contributed by atoms with van der Waals surface area (Å²) in [6, 6.07) is 10.9. The number of rotatable bonds is 15. The van der Waals surface area contributed by atoms with E-state index >= 15 is 0 Å². The molecule has 0 bridgehead atoms. The molecule has 0 radical (unpaired) electrons. The number of unbranched alkanes of at least 4 members (excludes halogenated alkanes) is 1. The monoisotopic (exact) mass is 515 g/mol. The summed E-state index contributed by atoms with van der Waals surface area (Å²) < 4.78 is 30.6. The predicted octanol–water partition coefficient (Wildman–Crippen LogP) is 5.54. The molecule has 0 fully saturated rings. The Balaban J connectivity index is 1.59. The largest absolute Gasteiger partial charge is 0.493 e. The first-order valence-electron chi connectivity index (χ1n) is 13.3. The molecule has 0 heterocycles. The number of fused-ring (bicyclic) bond motifs is 1. The molecule has 37 heavy (non-hydrogen) atoms. The average Bonchev–Trinajstić information content (AvgIpc) is 2.91. The smallest absolute Gasteiger partial charge is 0.336 e. The van der Waals surface area contributed by atoms with Crippen LogP contribution < -0.4 is 9.47 Å². The standard InChI is InChI=1S/C30H42FNO5/c1-5-6-14-30(29(33)34,37-21-23-7-9-25-20-26(31)11-10-24(25)18-23)15-17-32(2)16-13-22-8-12-27(35-3)28(19-22)36-4/h8,10-12,19-20,23H,5-7,9,13-18,21H2,1-4H3,(H,33,34)/t23-,30?/m0/s1. The quantitative estimate of drug-likeness (QED) is 0.336. The van der Waals surface area contributed by atoms with Crippen LogP contribution in [0.2, 0.25) is 0 Å². The van der Waals surface area contributed by atoms with E-state index in [0.29, 0.717) is 37.5 Å². The van der Waals surface area contributed by atoms with Crippen LogP contribution >= 0.6 is 0 Å². The number of carboxylic acids is 1. The van der Waals surface area contributed by atoms with E-state index < -0.39 is 11.6 Å². The molecule has 1 unspecified atom stereocenters. The van der Waals surface area contributed by atoms with E-state index in [9.17, 15) is 14.3 Å². The molecule has 2 aromatic carbocycles. The van der Waals surface area contributed by atoms with Crippen LogP contribution in [0.25, 0.3) is 0 Å². The number of aryl methyl sites for hydroxylation is 1. The fraction of sp³-hybridized carbons (Fsp3) is 0.567. The van der Waals surface area contributed by atoms with Crippen molar-refractivity contribution in [2.75, 3.05) is 41.0 Å². The van der Waals surface area contributed by atoms with Gasteiger partial charge in [0.2, 0.25) is 0 Å². The van der Waals surface area contributed by atoms with Crippen LogP contribution in [0.5, 0.6) is 11.5 Å². The Bertz CT molecular complexity index is 1030. The number of methoxy groups -OCH3 is 2. The number of likely N-dealkylation sites (N-methyl/N-ethyl adjacent to an activating group) is 1. The molecular weight excluding hydrogens is 473 g/mol. The molecule has 2 atom stereocenters. The molecule has 0 saturated carbocycles. The Hall–Kier alpha value is -2.64. The lowest BCUT2D eigenvalue weighted by Gasteiger charge is -2.34. The Morgan fingerprint density at radius 2 is 1.86 bits per heavy atom. The van der Waals surface area contributed by atoms with Gasteiger partial charge in [-0.3, -0.25) is 0 Å². The van der Waals surface area contributed by atoms with Gasteiger partial charge in [-0.15, -0.1) is 0 Å². The van der Waals surface area contributed by atoms with Crippen molar-refractivity contribution in [3.8, 4) is 11.5 Å². The number of nitrogens with zero attached hydrogens (tertiary/aromatic N) is 1. The van der Waals surface area contributed by atoms with Crippen molar-refractivity contribution in [2.45, 2.75) is 63.9 Å². The van der Waals surface area contributed by atoms with Gasteiger partial charge in [-0.25, -0.2) is 9.18 Å². The molecule has 0 spiro atoms. The van der Waals surface area contributed by atoms with Crippen LogP contribution in [0.15, 0.2) is 36.4 Å². The Labute approximate surface area is 220 Å². The van der Waals surface area contributed by atoms with E-state index in [2.05, 4.69) is 11.8 Å². The third-order valence-electron chi connectivity index (χ3n) is 7.55. The van der Waals surface area contributed by atoms with Gasteiger partial charge in [0.15, 0.2) is 17.1 Å². The summed E-state index contributed by atoms with van der Waals surface area (Å²) in [6.07, 6.45) is 5.93. The number of hydrogen-bond donors (Lipinski definition) is 1. The third-order valence-corrected chi connectivity index (χ3v) is 7.55. The highest BCUT2D eigenvalue weighted by atomic mass is 19.1. The van der Waals surface area contributed by atoms with Gasteiger partial charge in [-0.05, 0) is 92.4 Å². The number of halogens is 1. The summed E-state index contributed by atoms with van der Waals surface area (Å²) >= 11 is 0. The summed E-state index contributed by atoms with van der Waals surface area (Å²) in [7, 11) is 5.26. The fourth-order valence-corrected chi connectivity index (χ4v) is 5.07. The number of aliphatic carboxylic acids is 1. The minimum atomic E-state index is -1.20. The van der Waals surface area contributed by atoms with Crippen molar-refractivity contribution in [3.63, 3.8) is 0 Å². The summed E-state index contributed by atoms with van der Waals surface area (Å²) in [5.74, 6) is 0.560. The molecule has 1 aliphatic rings. The zero-order valence-electron chi connectivity index (χ0n) is 22.7. The number of ether oxygens (including phenoxy) is 3. The van der Waals surface area contributed by atoms with Gasteiger partial charge >= 0.3 is 5.97 Å². The molecule has 0 aromatic heterocycles. The van der Waals surface area contributed by atoms with E-state index in [1.165, 1.54) is 6.07 Å². The predicted molar refractivity (Wildman–Crippen MR) is 143 cm³/mol. The van der Waals surface area contributed by atoms with Crippen LogP contribution in [-0.4, -0.2) is 62.5 Å². The molecule has 2 aromatic rings. The molecule has 7 heteroatoms. The van der Waals surface area contributed by atoms with Crippen molar-refractivity contribution in [1.29, 1.82) is 0 Å². The number of carboxylic acid groups (broad SMARTS) is 1. The highest BCUT2D eigenvalue weighted by molar-refractivity contribution is 5.77. The van der Waals surface area contributed by atoms with Crippen molar-refractivity contribution in [1.82, 2.24) is 4.90 Å². The first-order chi connectivity index (χ1) is 17.8. The van der Waals surface area contributed by atoms with Crippen LogP contribution in [0, 0.1) is 11.7 Å². The molecule has 6 nitrogen and oxygen atoms in total. The zero-order chi connectivity index (χ0) is 26.8. The number of carbonyl (C=O) groups is 1. The maximum absolute atomic E-state index is 13.6. The first kappa shape index (κ1) is 28.9. The topological polar surface area (TPSA) is 68.2 Å². The van der Waals surface area contributed by atoms with Gasteiger partial charge in [0.05, 0.1) is 20.8 Å². The molecule has 1 N–H and O–H groups in total. The molecule has 0 amide bonds. The maximum Gasteiger partial charge on any atom is 0.336 e. The number of hydrogen-bond acceptors (Lipinski definition) is 5. The Morgan fingerprint density at radius 1 is 1.08 bits per heavy atom. The lowest BCUT2D eigenvalue weighted by Crippen LogP contribution is -2.45. The lowest BCUT2D eigenvalue weighted by molar-refractivity contribution is -0.171. The highest BCUT2D eigenvalue weighted by Crippen LogP contribution is 2.31. The van der Waals surface area contributed by atoms with Gasteiger partial charge in [0.25, 0.3) is 0 Å². The van der Waals surface area contributed by atoms with Crippen molar-refractivity contribution < 1.29 is 28.5 Å². The second kappa shape index (κ2) is 13.8. The Morgan fingerprint density at radius 3 is 2.57 bits per heavy atom. The van der Waals surface area contributed by atoms with Gasteiger partial charge in [-0.1, -0.05) is 31.9 Å². The Kier molecular flexibility index (Phi) is 10.8. The highest BCUT2D eigenvalue weighted by Gasteiger charge is 2.40. The van der Waals surface area contributed by atoms with Crippen LogP contribution in [0.3, 0.4) is 0 Å². The first-order valence-corrected chi connectivity index (χ1v) is 13.3. The molecule has 1 aliphatic carbocycles. The van der Waals surface area contributed by atoms with Gasteiger partial charge < -0.3 is 24.2 Å². The van der Waals surface area contributed by atoms with Crippen molar-refractivity contribution in [3.05, 3.63) is 58.9 Å². The molecule has 0 aliphatic heterocycles. The van der Waals surface area contributed by atoms with E-state index in [1.807, 2.05) is 31.3 Å². The lowest BCUT2D eigenvalue weighted by atomic mass is 9.84. The van der Waals surface area contributed by atoms with E-state index in [4.69, 9.17) is 14.2 Å². The van der Waals surface area contributed by atoms with E-state index in [0.717, 1.165) is 61.8 Å². The van der Waals surface area contributed by atoms with E-state index in [-0.39, 0.29) is 11.7 Å². The average molecular weight is 516 g/mol. The SMILES string of the molecule is CCCCC(CCN(C)CCc1ccc(OC)c(OC)c1)(OC[C@H]1CCc2cc(F)ccc2C1)C(=O)O. The fourth-order valence-electron chi connectivity index (χ4n) is 5.07. The van der Waals surface area contributed by atoms with Crippen LogP contribution in [0.1, 0.15) is 55.7 Å². The van der Waals surface area contributed by atoms with Crippen LogP contribution in [-0.2, 0) is 28.8 Å². The third kappa shape index (κ3) is 7.92. The second-order valence-electron chi connectivity index (χ2n) is 10.2. The maximum atomic E-state index is 13.6. The molecule has 3 rings (SSSR count). The normalized spacial score (nSPS) is 16.8.